The second kappa shape index (κ2) is 7.29. The van der Waals surface area contributed by atoms with E-state index in [-0.39, 0.29) is 21.3 Å². The van der Waals surface area contributed by atoms with Crippen LogP contribution in [0.25, 0.3) is 0 Å². The second-order valence-corrected chi connectivity index (χ2v) is 7.52. The summed E-state index contributed by atoms with van der Waals surface area (Å²) in [6, 6.07) is 20.5. The van der Waals surface area contributed by atoms with Crippen LogP contribution < -0.4 is 10.5 Å². The van der Waals surface area contributed by atoms with Crippen LogP contribution in [-0.2, 0) is 10.0 Å². The fraction of sp³-hybridized carbons (Fsp3) is 0. The molecule has 132 valence electrons. The summed E-state index contributed by atoms with van der Waals surface area (Å²) in [5, 5.41) is 8.33. The van der Waals surface area contributed by atoms with Crippen molar-refractivity contribution >= 4 is 38.8 Å². The summed E-state index contributed by atoms with van der Waals surface area (Å²) in [6.07, 6.45) is 0. The number of para-hydroxylation sites is 1. The number of nitrogens with one attached hydrogen (secondary N) is 1. The molecule has 0 saturated heterocycles. The predicted molar refractivity (Wildman–Crippen MR) is 102 cm³/mol. The van der Waals surface area contributed by atoms with Crippen LogP contribution in [0.15, 0.2) is 77.7 Å². The fourth-order valence-electron chi connectivity index (χ4n) is 2.42. The Kier molecular flexibility index (Phi) is 5.08. The normalized spacial score (nSPS) is 11.2. The molecule has 0 unspecified atom stereocenters. The Hall–Kier alpha value is -2.67. The van der Waals surface area contributed by atoms with Gasteiger partial charge in [0.25, 0.3) is 0 Å². The monoisotopic (exact) mass is 386 g/mol. The third-order valence-corrected chi connectivity index (χ3v) is 5.10. The van der Waals surface area contributed by atoms with Crippen LogP contribution in [0.2, 0.25) is 5.02 Å². The molecule has 7 heteroatoms. The first-order valence-electron chi connectivity index (χ1n) is 7.64. The Balaban J connectivity index is 1.85. The molecule has 3 aromatic rings. The van der Waals surface area contributed by atoms with E-state index in [0.717, 1.165) is 11.4 Å². The summed E-state index contributed by atoms with van der Waals surface area (Å²) < 4.78 is 23.1. The van der Waals surface area contributed by atoms with Gasteiger partial charge in [0.05, 0.1) is 5.02 Å². The molecule has 0 aliphatic heterocycles. The van der Waals surface area contributed by atoms with Crippen molar-refractivity contribution in [2.45, 2.75) is 4.90 Å². The van der Waals surface area contributed by atoms with E-state index >= 15 is 0 Å². The van der Waals surface area contributed by atoms with Gasteiger partial charge in [0.2, 0.25) is 10.0 Å². The Morgan fingerprint density at radius 1 is 0.846 bits per heavy atom. The quantitative estimate of drug-likeness (QED) is 0.649. The summed E-state index contributed by atoms with van der Waals surface area (Å²) in [5.41, 5.74) is 2.38. The van der Waals surface area contributed by atoms with Crippen molar-refractivity contribution in [1.29, 1.82) is 0 Å². The molecule has 5 nitrogen and oxygen atoms in total. The van der Waals surface area contributed by atoms with E-state index in [9.17, 15) is 13.2 Å². The van der Waals surface area contributed by atoms with Gasteiger partial charge in [0.15, 0.2) is 5.78 Å². The average Bonchev–Trinajstić information content (AvgIpc) is 2.62. The van der Waals surface area contributed by atoms with Crippen LogP contribution in [0, 0.1) is 0 Å². The van der Waals surface area contributed by atoms with E-state index < -0.39 is 10.0 Å². The number of benzene rings is 3. The lowest BCUT2D eigenvalue weighted by Crippen LogP contribution is -2.14. The van der Waals surface area contributed by atoms with Gasteiger partial charge in [-0.25, -0.2) is 13.6 Å². The fourth-order valence-corrected chi connectivity index (χ4v) is 3.49. The minimum atomic E-state index is -4.01. The number of carbonyl (C=O) groups excluding carboxylic acids is 1. The average molecular weight is 387 g/mol. The topological polar surface area (TPSA) is 89.3 Å². The standard InChI is InChI=1S/C19H15ClN2O3S/c20-17-11-8-14(12-18(17)26(21,24)25)19(23)13-6-9-16(10-7-13)22-15-4-2-1-3-5-15/h1-12,22H,(H2,21,24,25). The molecule has 3 rings (SSSR count). The highest BCUT2D eigenvalue weighted by atomic mass is 35.5. The predicted octanol–water partition coefficient (Wildman–Crippen LogP) is 3.96. The van der Waals surface area contributed by atoms with Crippen molar-refractivity contribution < 1.29 is 13.2 Å². The maximum atomic E-state index is 12.6. The summed E-state index contributed by atoms with van der Waals surface area (Å²) >= 11 is 5.85. The van der Waals surface area contributed by atoms with Crippen LogP contribution in [0.1, 0.15) is 15.9 Å². The van der Waals surface area contributed by atoms with E-state index in [1.165, 1.54) is 18.2 Å². The van der Waals surface area contributed by atoms with Crippen LogP contribution in [0.3, 0.4) is 0 Å². The number of halogens is 1. The van der Waals surface area contributed by atoms with Crippen molar-refractivity contribution in [3.63, 3.8) is 0 Å². The number of anilines is 2. The molecular formula is C19H15ClN2O3S. The van der Waals surface area contributed by atoms with Crippen LogP contribution >= 0.6 is 11.6 Å². The minimum Gasteiger partial charge on any atom is -0.356 e. The molecule has 0 aliphatic rings. The molecule has 0 aromatic heterocycles. The molecular weight excluding hydrogens is 372 g/mol. The Morgan fingerprint density at radius 3 is 2.04 bits per heavy atom. The highest BCUT2D eigenvalue weighted by molar-refractivity contribution is 7.89. The Bertz CT molecular complexity index is 1050. The minimum absolute atomic E-state index is 0.0218. The third kappa shape index (κ3) is 4.11. The molecule has 0 radical (unpaired) electrons. The van der Waals surface area contributed by atoms with Gasteiger partial charge in [-0.05, 0) is 54.6 Å². The summed E-state index contributed by atoms with van der Waals surface area (Å²) in [6.45, 7) is 0. The van der Waals surface area contributed by atoms with Crippen molar-refractivity contribution in [1.82, 2.24) is 0 Å². The summed E-state index contributed by atoms with van der Waals surface area (Å²) in [5.74, 6) is -0.321. The first kappa shape index (κ1) is 18.1. The van der Waals surface area contributed by atoms with Gasteiger partial charge in [-0.2, -0.15) is 0 Å². The zero-order valence-electron chi connectivity index (χ0n) is 13.5. The molecule has 0 heterocycles. The van der Waals surface area contributed by atoms with Gasteiger partial charge in [0.1, 0.15) is 4.90 Å². The smallest absolute Gasteiger partial charge is 0.239 e. The molecule has 0 saturated carbocycles. The molecule has 3 aromatic carbocycles. The number of ketones is 1. The summed E-state index contributed by atoms with van der Waals surface area (Å²) in [7, 11) is -4.01. The Morgan fingerprint density at radius 2 is 1.42 bits per heavy atom. The SMILES string of the molecule is NS(=O)(=O)c1cc(C(=O)c2ccc(Nc3ccccc3)cc2)ccc1Cl. The molecule has 0 aliphatic carbocycles. The molecule has 26 heavy (non-hydrogen) atoms. The zero-order valence-corrected chi connectivity index (χ0v) is 15.1. The highest BCUT2D eigenvalue weighted by Crippen LogP contribution is 2.24. The molecule has 0 bridgehead atoms. The summed E-state index contributed by atoms with van der Waals surface area (Å²) in [4.78, 5) is 12.3. The van der Waals surface area contributed by atoms with Gasteiger partial charge in [0, 0.05) is 22.5 Å². The highest BCUT2D eigenvalue weighted by Gasteiger charge is 2.17. The molecule has 0 spiro atoms. The number of carbonyl (C=O) groups is 1. The first-order chi connectivity index (χ1) is 12.3. The molecule has 0 fully saturated rings. The Labute approximate surface area is 156 Å². The van der Waals surface area contributed by atoms with Crippen LogP contribution in [-0.4, -0.2) is 14.2 Å². The van der Waals surface area contributed by atoms with E-state index in [1.54, 1.807) is 24.3 Å². The van der Waals surface area contributed by atoms with Gasteiger partial charge >= 0.3 is 0 Å². The van der Waals surface area contributed by atoms with Crippen LogP contribution in [0.4, 0.5) is 11.4 Å². The molecule has 0 atom stereocenters. The van der Waals surface area contributed by atoms with Gasteiger partial charge in [-0.3, -0.25) is 4.79 Å². The first-order valence-corrected chi connectivity index (χ1v) is 9.56. The van der Waals surface area contributed by atoms with Crippen LogP contribution in [0.5, 0.6) is 0 Å². The number of rotatable bonds is 5. The van der Waals surface area contributed by atoms with E-state index in [0.29, 0.717) is 5.56 Å². The number of sulfonamides is 1. The van der Waals surface area contributed by atoms with Crippen molar-refractivity contribution in [2.24, 2.45) is 5.14 Å². The molecule has 3 N–H and O–H groups in total. The third-order valence-electron chi connectivity index (χ3n) is 3.71. The van der Waals surface area contributed by atoms with E-state index in [4.69, 9.17) is 16.7 Å². The second-order valence-electron chi connectivity index (χ2n) is 5.59. The van der Waals surface area contributed by atoms with Crippen molar-refractivity contribution in [3.8, 4) is 0 Å². The maximum Gasteiger partial charge on any atom is 0.239 e. The number of hydrogen-bond donors (Lipinski definition) is 2. The van der Waals surface area contributed by atoms with Gasteiger partial charge in [-0.15, -0.1) is 0 Å². The maximum absolute atomic E-state index is 12.6. The van der Waals surface area contributed by atoms with Gasteiger partial charge in [-0.1, -0.05) is 29.8 Å². The molecule has 0 amide bonds. The number of hydrogen-bond acceptors (Lipinski definition) is 4. The lowest BCUT2D eigenvalue weighted by molar-refractivity contribution is 0.103. The van der Waals surface area contributed by atoms with E-state index in [1.807, 2.05) is 30.3 Å². The van der Waals surface area contributed by atoms with Crippen molar-refractivity contribution in [3.05, 3.63) is 88.9 Å². The number of nitrogens with two attached hydrogens (primary N) is 1. The van der Waals surface area contributed by atoms with Gasteiger partial charge < -0.3 is 5.32 Å². The zero-order chi connectivity index (χ0) is 18.7. The number of primary sulfonamides is 1. The van der Waals surface area contributed by atoms with Crippen molar-refractivity contribution in [2.75, 3.05) is 5.32 Å². The lowest BCUT2D eigenvalue weighted by Gasteiger charge is -2.08. The lowest BCUT2D eigenvalue weighted by atomic mass is 10.0. The largest absolute Gasteiger partial charge is 0.356 e. The van der Waals surface area contributed by atoms with E-state index in [2.05, 4.69) is 5.32 Å².